The van der Waals surface area contributed by atoms with Crippen molar-refractivity contribution in [2.45, 2.75) is 25.1 Å². The fourth-order valence-electron chi connectivity index (χ4n) is 2.04. The van der Waals surface area contributed by atoms with Gasteiger partial charge in [-0.15, -0.1) is 0 Å². The lowest BCUT2D eigenvalue weighted by molar-refractivity contribution is -0.0680. The molecule has 3 nitrogen and oxygen atoms in total. The zero-order valence-corrected chi connectivity index (χ0v) is 9.40. The van der Waals surface area contributed by atoms with Crippen LogP contribution in [0.3, 0.4) is 0 Å². The van der Waals surface area contributed by atoms with Crippen LogP contribution >= 0.6 is 0 Å². The fourth-order valence-corrected chi connectivity index (χ4v) is 2.04. The second-order valence-electron chi connectivity index (χ2n) is 3.98. The van der Waals surface area contributed by atoms with Crippen molar-refractivity contribution in [2.75, 3.05) is 13.7 Å². The number of methoxy groups -OCH3 is 1. The van der Waals surface area contributed by atoms with Crippen molar-refractivity contribution in [1.82, 2.24) is 0 Å². The summed E-state index contributed by atoms with van der Waals surface area (Å²) in [7, 11) is 1.54. The van der Waals surface area contributed by atoms with E-state index in [0.29, 0.717) is 17.7 Å². The molecule has 0 radical (unpaired) electrons. The Hall–Kier alpha value is -1.20. The number of benzene rings is 1. The maximum atomic E-state index is 12.0. The maximum Gasteiger partial charge on any atom is 0.261 e. The molecule has 1 aliphatic rings. The van der Waals surface area contributed by atoms with Gasteiger partial charge in [-0.3, -0.25) is 0 Å². The van der Waals surface area contributed by atoms with Gasteiger partial charge in [-0.25, -0.2) is 8.78 Å². The summed E-state index contributed by atoms with van der Waals surface area (Å²) < 4.78 is 34.1. The van der Waals surface area contributed by atoms with Crippen molar-refractivity contribution in [2.24, 2.45) is 0 Å². The molecule has 2 rings (SSSR count). The number of ether oxygens (including phenoxy) is 2. The van der Waals surface area contributed by atoms with E-state index in [1.54, 1.807) is 12.1 Å². The second kappa shape index (κ2) is 4.98. The first-order valence-corrected chi connectivity index (χ1v) is 5.36. The van der Waals surface area contributed by atoms with Gasteiger partial charge in [0.1, 0.15) is 18.5 Å². The van der Waals surface area contributed by atoms with Crippen LogP contribution in [0.15, 0.2) is 18.2 Å². The Morgan fingerprint density at radius 2 is 2.24 bits per heavy atom. The highest BCUT2D eigenvalue weighted by atomic mass is 19.3. The molecule has 1 aromatic carbocycles. The number of aliphatic hydroxyl groups is 1. The lowest BCUT2D eigenvalue weighted by Gasteiger charge is -2.15. The van der Waals surface area contributed by atoms with Crippen LogP contribution in [-0.2, 0) is 11.2 Å². The molecular formula is C12H14F2O3. The first kappa shape index (κ1) is 12.3. The quantitative estimate of drug-likeness (QED) is 0.879. The van der Waals surface area contributed by atoms with Crippen molar-refractivity contribution in [1.29, 1.82) is 0 Å². The van der Waals surface area contributed by atoms with Gasteiger partial charge in [0.25, 0.3) is 6.43 Å². The molecule has 2 unspecified atom stereocenters. The number of alkyl halides is 2. The highest BCUT2D eigenvalue weighted by Gasteiger charge is 2.32. The van der Waals surface area contributed by atoms with E-state index in [4.69, 9.17) is 9.47 Å². The summed E-state index contributed by atoms with van der Waals surface area (Å²) in [5.41, 5.74) is 1.61. The van der Waals surface area contributed by atoms with E-state index in [9.17, 15) is 13.9 Å². The number of fused-ring (bicyclic) bond motifs is 1. The van der Waals surface area contributed by atoms with Crippen LogP contribution in [0.1, 0.15) is 17.2 Å². The van der Waals surface area contributed by atoms with Gasteiger partial charge in [-0.1, -0.05) is 6.07 Å². The van der Waals surface area contributed by atoms with Crippen LogP contribution in [0.2, 0.25) is 0 Å². The Balaban J connectivity index is 2.09. The predicted molar refractivity (Wildman–Crippen MR) is 57.4 cm³/mol. The molecule has 17 heavy (non-hydrogen) atoms. The van der Waals surface area contributed by atoms with E-state index in [2.05, 4.69) is 0 Å². The van der Waals surface area contributed by atoms with Gasteiger partial charge in [0.05, 0.1) is 13.2 Å². The highest BCUT2D eigenvalue weighted by molar-refractivity contribution is 5.41. The number of halogens is 2. The maximum absolute atomic E-state index is 12.0. The zero-order valence-electron chi connectivity index (χ0n) is 9.40. The first-order chi connectivity index (χ1) is 8.11. The summed E-state index contributed by atoms with van der Waals surface area (Å²) in [5, 5.41) is 9.95. The van der Waals surface area contributed by atoms with Crippen LogP contribution in [0.4, 0.5) is 8.78 Å². The number of hydrogen-bond acceptors (Lipinski definition) is 3. The van der Waals surface area contributed by atoms with Gasteiger partial charge in [-0.2, -0.15) is 0 Å². The monoisotopic (exact) mass is 244 g/mol. The fraction of sp³-hybridized carbons (Fsp3) is 0.500. The Bertz CT molecular complexity index is 395. The van der Waals surface area contributed by atoms with E-state index in [-0.39, 0.29) is 0 Å². The third-order valence-electron chi connectivity index (χ3n) is 2.88. The lowest BCUT2D eigenvalue weighted by atomic mass is 10.1. The van der Waals surface area contributed by atoms with Crippen LogP contribution < -0.4 is 4.74 Å². The molecule has 1 aliphatic carbocycles. The van der Waals surface area contributed by atoms with Gasteiger partial charge >= 0.3 is 0 Å². The standard InChI is InChI=1S/C12H14F2O3/c1-16-8-3-2-7-4-10(17-6-11(13)14)12(15)9(7)5-8/h2-3,5,10-12,15H,4,6H2,1H3. The number of rotatable bonds is 4. The first-order valence-electron chi connectivity index (χ1n) is 5.36. The molecule has 0 fully saturated rings. The summed E-state index contributed by atoms with van der Waals surface area (Å²) in [6, 6.07) is 5.32. The van der Waals surface area contributed by atoms with E-state index < -0.39 is 25.2 Å². The minimum absolute atomic E-state index is 0.452. The van der Waals surface area contributed by atoms with Crippen molar-refractivity contribution in [3.8, 4) is 5.75 Å². The Morgan fingerprint density at radius 3 is 2.88 bits per heavy atom. The molecular weight excluding hydrogens is 230 g/mol. The SMILES string of the molecule is COc1ccc2c(c1)C(O)C(OCC(F)F)C2. The molecule has 0 saturated heterocycles. The van der Waals surface area contributed by atoms with E-state index >= 15 is 0 Å². The molecule has 5 heteroatoms. The molecule has 0 aromatic heterocycles. The summed E-state index contributed by atoms with van der Waals surface area (Å²) >= 11 is 0. The van der Waals surface area contributed by atoms with Gasteiger partial charge in [0.15, 0.2) is 0 Å². The third-order valence-corrected chi connectivity index (χ3v) is 2.88. The van der Waals surface area contributed by atoms with Gasteiger partial charge in [0.2, 0.25) is 0 Å². The van der Waals surface area contributed by atoms with E-state index in [1.165, 1.54) is 7.11 Å². The molecule has 1 N–H and O–H groups in total. The smallest absolute Gasteiger partial charge is 0.261 e. The highest BCUT2D eigenvalue weighted by Crippen LogP contribution is 2.35. The minimum Gasteiger partial charge on any atom is -0.497 e. The largest absolute Gasteiger partial charge is 0.497 e. The topological polar surface area (TPSA) is 38.7 Å². The van der Waals surface area contributed by atoms with Gasteiger partial charge < -0.3 is 14.6 Å². The summed E-state index contributed by atoms with van der Waals surface area (Å²) in [4.78, 5) is 0. The second-order valence-corrected chi connectivity index (χ2v) is 3.98. The Kier molecular flexibility index (Phi) is 3.59. The summed E-state index contributed by atoms with van der Waals surface area (Å²) in [6.45, 7) is -0.646. The lowest BCUT2D eigenvalue weighted by Crippen LogP contribution is -2.21. The molecule has 0 saturated carbocycles. The predicted octanol–water partition coefficient (Wildman–Crippen LogP) is 1.93. The van der Waals surface area contributed by atoms with Crippen LogP contribution in [0.5, 0.6) is 5.75 Å². The number of hydrogen-bond donors (Lipinski definition) is 1. The third kappa shape index (κ3) is 2.56. The average molecular weight is 244 g/mol. The summed E-state index contributed by atoms with van der Waals surface area (Å²) in [5.74, 6) is 0.636. The molecule has 0 amide bonds. The molecule has 94 valence electrons. The van der Waals surface area contributed by atoms with Crippen molar-refractivity contribution >= 4 is 0 Å². The molecule has 2 atom stereocenters. The molecule has 0 aliphatic heterocycles. The number of aliphatic hydroxyl groups excluding tert-OH is 1. The van der Waals surface area contributed by atoms with Crippen LogP contribution in [-0.4, -0.2) is 31.4 Å². The summed E-state index contributed by atoms with van der Waals surface area (Å²) in [6.07, 6.45) is -3.52. The van der Waals surface area contributed by atoms with Crippen molar-refractivity contribution < 1.29 is 23.4 Å². The minimum atomic E-state index is -2.51. The van der Waals surface area contributed by atoms with Crippen LogP contribution in [0.25, 0.3) is 0 Å². The van der Waals surface area contributed by atoms with Crippen LogP contribution in [0, 0.1) is 0 Å². The van der Waals surface area contributed by atoms with E-state index in [0.717, 1.165) is 5.56 Å². The van der Waals surface area contributed by atoms with Crippen molar-refractivity contribution in [3.05, 3.63) is 29.3 Å². The molecule has 1 aromatic rings. The van der Waals surface area contributed by atoms with Crippen molar-refractivity contribution in [3.63, 3.8) is 0 Å². The van der Waals surface area contributed by atoms with Gasteiger partial charge in [-0.05, 0) is 23.3 Å². The normalized spacial score (nSPS) is 22.9. The molecule has 0 spiro atoms. The van der Waals surface area contributed by atoms with E-state index in [1.807, 2.05) is 6.07 Å². The average Bonchev–Trinajstić information content (AvgIpc) is 2.63. The Labute approximate surface area is 98.0 Å². The molecule has 0 bridgehead atoms. The Morgan fingerprint density at radius 1 is 1.47 bits per heavy atom. The molecule has 0 heterocycles. The van der Waals surface area contributed by atoms with Gasteiger partial charge in [0, 0.05) is 6.42 Å². The zero-order chi connectivity index (χ0) is 12.4.